The van der Waals surface area contributed by atoms with Gasteiger partial charge in [-0.1, -0.05) is 0 Å². The molecule has 134 valence electrons. The van der Waals surface area contributed by atoms with Gasteiger partial charge in [0.15, 0.2) is 0 Å². The number of hydrogen-bond acceptors (Lipinski definition) is 5. The second kappa shape index (κ2) is 6.51. The van der Waals surface area contributed by atoms with Crippen molar-refractivity contribution in [1.82, 2.24) is 19.7 Å². The minimum atomic E-state index is -4.55. The predicted molar refractivity (Wildman–Crippen MR) is 90.9 cm³/mol. The van der Waals surface area contributed by atoms with Gasteiger partial charge in [0.1, 0.15) is 11.4 Å². The number of fused-ring (bicyclic) bond motifs is 1. The van der Waals surface area contributed by atoms with E-state index >= 15 is 0 Å². The zero-order valence-corrected chi connectivity index (χ0v) is 13.9. The van der Waals surface area contributed by atoms with Crippen LogP contribution >= 0.6 is 0 Å². The number of aromatic nitrogens is 4. The van der Waals surface area contributed by atoms with Gasteiger partial charge in [-0.2, -0.15) is 23.3 Å². The molecule has 2 N–H and O–H groups in total. The van der Waals surface area contributed by atoms with Gasteiger partial charge in [-0.25, -0.2) is 11.6 Å². The molecule has 0 aliphatic carbocycles. The molecule has 0 aliphatic rings. The molecule has 0 saturated heterocycles. The first-order chi connectivity index (χ1) is 12.3. The molecule has 0 radical (unpaired) electrons. The number of anilines is 3. The fourth-order valence-electron chi connectivity index (χ4n) is 2.65. The van der Waals surface area contributed by atoms with Crippen LogP contribution in [-0.2, 0) is 19.8 Å². The molecule has 0 atom stereocenters. The summed E-state index contributed by atoms with van der Waals surface area (Å²) in [6.45, 7) is 7.25. The van der Waals surface area contributed by atoms with Gasteiger partial charge in [-0.15, -0.1) is 0 Å². The molecule has 0 aliphatic heterocycles. The van der Waals surface area contributed by atoms with Crippen LogP contribution in [0.2, 0.25) is 0 Å². The van der Waals surface area contributed by atoms with Crippen LogP contribution < -0.4 is 10.6 Å². The molecule has 2 aromatic heterocycles. The fourth-order valence-corrected chi connectivity index (χ4v) is 2.65. The number of aryl methyl sites for hydroxylation is 1. The van der Waals surface area contributed by atoms with E-state index < -0.39 is 11.7 Å². The van der Waals surface area contributed by atoms with Crippen LogP contribution in [0.5, 0.6) is 0 Å². The molecule has 0 bridgehead atoms. The van der Waals surface area contributed by atoms with Gasteiger partial charge in [-0.05, 0) is 12.1 Å². The Bertz CT molecular complexity index is 1000. The van der Waals surface area contributed by atoms with Gasteiger partial charge in [0.25, 0.3) is 0 Å². The molecular formula is C16H14F3N7. The van der Waals surface area contributed by atoms with Crippen LogP contribution in [0.4, 0.5) is 30.6 Å². The van der Waals surface area contributed by atoms with Crippen molar-refractivity contribution in [2.75, 3.05) is 17.7 Å². The van der Waals surface area contributed by atoms with E-state index in [1.165, 1.54) is 7.05 Å². The van der Waals surface area contributed by atoms with E-state index in [1.54, 1.807) is 30.1 Å². The highest BCUT2D eigenvalue weighted by molar-refractivity contribution is 5.94. The Morgan fingerprint density at radius 3 is 2.69 bits per heavy atom. The molecule has 10 heteroatoms. The van der Waals surface area contributed by atoms with Crippen molar-refractivity contribution < 1.29 is 13.2 Å². The van der Waals surface area contributed by atoms with Crippen LogP contribution in [0.25, 0.3) is 15.7 Å². The minimum Gasteiger partial charge on any atom is -0.372 e. The summed E-state index contributed by atoms with van der Waals surface area (Å²) in [6, 6.07) is 3.50. The predicted octanol–water partition coefficient (Wildman–Crippen LogP) is 3.59. The monoisotopic (exact) mass is 361 g/mol. The second-order valence-corrected chi connectivity index (χ2v) is 5.45. The maximum atomic E-state index is 12.9. The third-order valence-electron chi connectivity index (χ3n) is 3.81. The Morgan fingerprint density at radius 1 is 1.27 bits per heavy atom. The molecule has 0 spiro atoms. The maximum absolute atomic E-state index is 12.9. The van der Waals surface area contributed by atoms with Gasteiger partial charge in [0, 0.05) is 25.7 Å². The van der Waals surface area contributed by atoms with Crippen LogP contribution in [0.15, 0.2) is 24.5 Å². The highest BCUT2D eigenvalue weighted by Crippen LogP contribution is 2.34. The molecule has 26 heavy (non-hydrogen) atoms. The third-order valence-corrected chi connectivity index (χ3v) is 3.81. The number of hydrogen-bond donors (Lipinski definition) is 2. The summed E-state index contributed by atoms with van der Waals surface area (Å²) in [5.74, 6) is -0.299. The summed E-state index contributed by atoms with van der Waals surface area (Å²) in [5, 5.41) is 10.3. The average Bonchev–Trinajstić information content (AvgIpc) is 2.98. The summed E-state index contributed by atoms with van der Waals surface area (Å²) in [7, 11) is 3.12. The lowest BCUT2D eigenvalue weighted by Crippen LogP contribution is -2.12. The molecule has 2 heterocycles. The normalized spacial score (nSPS) is 11.4. The van der Waals surface area contributed by atoms with E-state index in [0.29, 0.717) is 5.69 Å². The van der Waals surface area contributed by atoms with Gasteiger partial charge in [0.05, 0.1) is 23.0 Å². The molecule has 0 fully saturated rings. The van der Waals surface area contributed by atoms with E-state index in [9.17, 15) is 13.2 Å². The van der Waals surface area contributed by atoms with E-state index in [-0.39, 0.29) is 18.3 Å². The van der Waals surface area contributed by atoms with E-state index in [4.69, 9.17) is 6.57 Å². The van der Waals surface area contributed by atoms with E-state index in [2.05, 4.69) is 30.5 Å². The maximum Gasteiger partial charge on any atom is 0.421 e. The fraction of sp³-hybridized carbons (Fsp3) is 0.250. The lowest BCUT2D eigenvalue weighted by molar-refractivity contribution is -0.137. The van der Waals surface area contributed by atoms with Crippen LogP contribution in [0.1, 0.15) is 11.1 Å². The molecule has 0 amide bonds. The number of nitrogens with zero attached hydrogens (tertiary/aromatic N) is 5. The molecule has 7 nitrogen and oxygen atoms in total. The second-order valence-electron chi connectivity index (χ2n) is 5.45. The Balaban J connectivity index is 2.02. The average molecular weight is 361 g/mol. The van der Waals surface area contributed by atoms with Crippen LogP contribution in [-0.4, -0.2) is 26.8 Å². The van der Waals surface area contributed by atoms with Crippen molar-refractivity contribution in [3.8, 4) is 0 Å². The number of benzene rings is 1. The molecular weight excluding hydrogens is 347 g/mol. The summed E-state index contributed by atoms with van der Waals surface area (Å²) < 4.78 is 40.5. The lowest BCUT2D eigenvalue weighted by atomic mass is 10.1. The Morgan fingerprint density at radius 2 is 2.04 bits per heavy atom. The first kappa shape index (κ1) is 17.5. The van der Waals surface area contributed by atoms with Gasteiger partial charge >= 0.3 is 6.18 Å². The molecule has 0 unspecified atom stereocenters. The number of nitrogens with one attached hydrogen (secondary N) is 2. The van der Waals surface area contributed by atoms with Crippen LogP contribution in [0, 0.1) is 6.57 Å². The summed E-state index contributed by atoms with van der Waals surface area (Å²) in [5.41, 5.74) is 1.23. The highest BCUT2D eigenvalue weighted by atomic mass is 19.4. The zero-order chi connectivity index (χ0) is 18.9. The van der Waals surface area contributed by atoms with Gasteiger partial charge in [0.2, 0.25) is 12.5 Å². The molecule has 3 rings (SSSR count). The molecule has 1 aromatic carbocycles. The van der Waals surface area contributed by atoms with Crippen molar-refractivity contribution in [2.24, 2.45) is 7.05 Å². The topological polar surface area (TPSA) is 72.0 Å². The summed E-state index contributed by atoms with van der Waals surface area (Å²) in [4.78, 5) is 11.1. The van der Waals surface area contributed by atoms with Crippen molar-refractivity contribution in [3.63, 3.8) is 0 Å². The van der Waals surface area contributed by atoms with Crippen molar-refractivity contribution in [2.45, 2.75) is 12.7 Å². The zero-order valence-electron chi connectivity index (χ0n) is 13.9. The first-order valence-corrected chi connectivity index (χ1v) is 7.51. The number of halogens is 3. The Hall–Kier alpha value is -3.35. The quantitative estimate of drug-likeness (QED) is 0.695. The highest BCUT2D eigenvalue weighted by Gasteiger charge is 2.35. The van der Waals surface area contributed by atoms with Crippen LogP contribution in [0.3, 0.4) is 0 Å². The SMILES string of the molecule is [C-]#[N+]Cc1ccc(Nc2ncc(C(F)(F)F)c(NC)n2)c2cnn(C)c12. The minimum absolute atomic E-state index is 0.0189. The lowest BCUT2D eigenvalue weighted by Gasteiger charge is -2.13. The summed E-state index contributed by atoms with van der Waals surface area (Å²) >= 11 is 0. The standard InChI is InChI=1S/C16H14F3N7/c1-20-6-9-4-5-12(10-7-23-26(3)13(9)10)24-15-22-8-11(16(17,18)19)14(21-2)25-15/h4-5,7-8H,6H2,2-3H3,(H2,21,22,24,25). The van der Waals surface area contributed by atoms with E-state index in [0.717, 1.165) is 22.7 Å². The summed E-state index contributed by atoms with van der Waals surface area (Å²) in [6.07, 6.45) is -2.20. The van der Waals surface area contributed by atoms with E-state index in [1.807, 2.05) is 0 Å². The molecule has 3 aromatic rings. The molecule has 0 saturated carbocycles. The van der Waals surface area contributed by atoms with Crippen molar-refractivity contribution >= 4 is 28.4 Å². The number of alkyl halides is 3. The van der Waals surface area contributed by atoms with Gasteiger partial charge < -0.3 is 15.5 Å². The Labute approximate surface area is 146 Å². The van der Waals surface area contributed by atoms with Gasteiger partial charge in [-0.3, -0.25) is 4.68 Å². The van der Waals surface area contributed by atoms with Crippen molar-refractivity contribution in [1.29, 1.82) is 0 Å². The smallest absolute Gasteiger partial charge is 0.372 e. The number of rotatable bonds is 4. The van der Waals surface area contributed by atoms with Crippen molar-refractivity contribution in [3.05, 3.63) is 47.1 Å². The largest absolute Gasteiger partial charge is 0.421 e. The Kier molecular flexibility index (Phi) is 4.38. The first-order valence-electron chi connectivity index (χ1n) is 7.51. The third kappa shape index (κ3) is 3.11.